The normalized spacial score (nSPS) is 12.5. The zero-order chi connectivity index (χ0) is 14.7. The van der Waals surface area contributed by atoms with Gasteiger partial charge in [0.1, 0.15) is 0 Å². The molecule has 0 bridgehead atoms. The van der Waals surface area contributed by atoms with Crippen molar-refractivity contribution in [2.45, 2.75) is 19.9 Å². The van der Waals surface area contributed by atoms with Gasteiger partial charge in [-0.15, -0.1) is 0 Å². The van der Waals surface area contributed by atoms with Gasteiger partial charge < -0.3 is 5.32 Å². The van der Waals surface area contributed by atoms with Gasteiger partial charge in [-0.1, -0.05) is 48.9 Å². The first-order chi connectivity index (χ1) is 10.3. The lowest BCUT2D eigenvalue weighted by Crippen LogP contribution is -2.23. The summed E-state index contributed by atoms with van der Waals surface area (Å²) in [5.41, 5.74) is 5.30. The number of nitrogens with zero attached hydrogens (tertiary/aromatic N) is 2. The fourth-order valence-corrected chi connectivity index (χ4v) is 2.47. The van der Waals surface area contributed by atoms with Crippen molar-refractivity contribution in [2.24, 2.45) is 0 Å². The van der Waals surface area contributed by atoms with E-state index in [1.165, 1.54) is 11.1 Å². The second-order valence-electron chi connectivity index (χ2n) is 5.18. The third-order valence-corrected chi connectivity index (χ3v) is 3.58. The summed E-state index contributed by atoms with van der Waals surface area (Å²) in [5.74, 6) is 0. The van der Waals surface area contributed by atoms with Gasteiger partial charge in [-0.25, -0.2) is 4.98 Å². The topological polar surface area (TPSA) is 37.8 Å². The Balaban J connectivity index is 2.04. The number of aryl methyl sites for hydroxylation is 1. The average molecular weight is 277 g/mol. The predicted octanol–water partition coefficient (Wildman–Crippen LogP) is 3.64. The highest BCUT2D eigenvalue weighted by Crippen LogP contribution is 2.22. The van der Waals surface area contributed by atoms with Crippen molar-refractivity contribution in [3.8, 4) is 0 Å². The molecule has 0 spiro atoms. The molecule has 0 aliphatic carbocycles. The van der Waals surface area contributed by atoms with Crippen molar-refractivity contribution in [3.63, 3.8) is 0 Å². The van der Waals surface area contributed by atoms with Crippen LogP contribution in [-0.2, 0) is 0 Å². The van der Waals surface area contributed by atoms with Crippen molar-refractivity contribution < 1.29 is 0 Å². The predicted molar refractivity (Wildman–Crippen MR) is 86.2 cm³/mol. The molecule has 1 heterocycles. The molecule has 2 aromatic carbocycles. The van der Waals surface area contributed by atoms with E-state index in [1.807, 2.05) is 30.5 Å². The van der Waals surface area contributed by atoms with Crippen LogP contribution in [0.25, 0.3) is 11.0 Å². The molecule has 1 atom stereocenters. The van der Waals surface area contributed by atoms with E-state index >= 15 is 0 Å². The van der Waals surface area contributed by atoms with Gasteiger partial charge in [-0.3, -0.25) is 4.98 Å². The molecule has 3 nitrogen and oxygen atoms in total. The Labute approximate surface area is 125 Å². The molecule has 0 saturated carbocycles. The molecular formula is C18H19N3. The van der Waals surface area contributed by atoms with E-state index in [9.17, 15) is 0 Å². The largest absolute Gasteiger partial charge is 0.305 e. The number of rotatable bonds is 4. The minimum Gasteiger partial charge on any atom is -0.305 e. The Morgan fingerprint density at radius 1 is 1.00 bits per heavy atom. The summed E-state index contributed by atoms with van der Waals surface area (Å²) in [4.78, 5) is 9.29. The van der Waals surface area contributed by atoms with E-state index in [-0.39, 0.29) is 6.04 Å². The maximum atomic E-state index is 4.77. The molecule has 3 aromatic rings. The van der Waals surface area contributed by atoms with Crippen molar-refractivity contribution >= 4 is 11.0 Å². The van der Waals surface area contributed by atoms with E-state index in [4.69, 9.17) is 4.98 Å². The van der Waals surface area contributed by atoms with E-state index in [1.54, 1.807) is 0 Å². The van der Waals surface area contributed by atoms with Crippen LogP contribution in [-0.4, -0.2) is 16.5 Å². The third kappa shape index (κ3) is 2.93. The van der Waals surface area contributed by atoms with E-state index in [2.05, 4.69) is 48.4 Å². The van der Waals surface area contributed by atoms with Gasteiger partial charge in [-0.2, -0.15) is 0 Å². The summed E-state index contributed by atoms with van der Waals surface area (Å²) in [6, 6.07) is 16.6. The maximum absolute atomic E-state index is 4.77. The molecule has 0 aliphatic rings. The van der Waals surface area contributed by atoms with Gasteiger partial charge in [0, 0.05) is 0 Å². The van der Waals surface area contributed by atoms with Crippen LogP contribution in [0.3, 0.4) is 0 Å². The van der Waals surface area contributed by atoms with Crippen molar-refractivity contribution in [2.75, 3.05) is 6.54 Å². The van der Waals surface area contributed by atoms with Gasteiger partial charge in [0.15, 0.2) is 0 Å². The monoisotopic (exact) mass is 277 g/mol. The van der Waals surface area contributed by atoms with Crippen LogP contribution in [0.1, 0.15) is 29.8 Å². The van der Waals surface area contributed by atoms with Crippen molar-refractivity contribution in [3.05, 3.63) is 71.5 Å². The smallest absolute Gasteiger partial charge is 0.0890 e. The highest BCUT2D eigenvalue weighted by atomic mass is 14.9. The number of nitrogens with one attached hydrogen (secondary N) is 1. The van der Waals surface area contributed by atoms with Crippen LogP contribution in [0.5, 0.6) is 0 Å². The second kappa shape index (κ2) is 6.02. The first-order valence-electron chi connectivity index (χ1n) is 7.29. The highest BCUT2D eigenvalue weighted by molar-refractivity contribution is 5.73. The molecule has 0 aliphatic heterocycles. The molecule has 21 heavy (non-hydrogen) atoms. The zero-order valence-corrected chi connectivity index (χ0v) is 12.4. The minimum absolute atomic E-state index is 0.0766. The highest BCUT2D eigenvalue weighted by Gasteiger charge is 2.15. The summed E-state index contributed by atoms with van der Waals surface area (Å²) in [5, 5.41) is 3.50. The standard InChI is InChI=1S/C18H19N3/c1-3-19-18(14-10-8-13(2)9-11-14)17-12-20-15-6-4-5-7-16(15)21-17/h4-12,18-19H,3H2,1-2H3. The maximum Gasteiger partial charge on any atom is 0.0890 e. The third-order valence-electron chi connectivity index (χ3n) is 3.58. The zero-order valence-electron chi connectivity index (χ0n) is 12.4. The fraction of sp³-hybridized carbons (Fsp3) is 0.222. The minimum atomic E-state index is 0.0766. The Bertz CT molecular complexity index is 735. The molecule has 1 aromatic heterocycles. The van der Waals surface area contributed by atoms with Crippen LogP contribution < -0.4 is 5.32 Å². The number of fused-ring (bicyclic) bond motifs is 1. The Hall–Kier alpha value is -2.26. The number of hydrogen-bond donors (Lipinski definition) is 1. The van der Waals surface area contributed by atoms with Gasteiger partial charge in [0.05, 0.1) is 29.0 Å². The van der Waals surface area contributed by atoms with Crippen LogP contribution >= 0.6 is 0 Å². The second-order valence-corrected chi connectivity index (χ2v) is 5.18. The number of benzene rings is 2. The molecule has 0 radical (unpaired) electrons. The van der Waals surface area contributed by atoms with Gasteiger partial charge in [-0.05, 0) is 31.2 Å². The Morgan fingerprint density at radius 3 is 2.43 bits per heavy atom. The molecule has 1 N–H and O–H groups in total. The van der Waals surface area contributed by atoms with Gasteiger partial charge >= 0.3 is 0 Å². The Kier molecular flexibility index (Phi) is 3.93. The van der Waals surface area contributed by atoms with E-state index in [0.717, 1.165) is 23.3 Å². The molecule has 1 unspecified atom stereocenters. The summed E-state index contributed by atoms with van der Waals surface area (Å²) < 4.78 is 0. The first-order valence-corrected chi connectivity index (χ1v) is 7.29. The molecular weight excluding hydrogens is 258 g/mol. The summed E-state index contributed by atoms with van der Waals surface area (Å²) >= 11 is 0. The molecule has 3 rings (SSSR count). The fourth-order valence-electron chi connectivity index (χ4n) is 2.47. The Morgan fingerprint density at radius 2 is 1.71 bits per heavy atom. The summed E-state index contributed by atoms with van der Waals surface area (Å²) in [6.07, 6.45) is 1.87. The summed E-state index contributed by atoms with van der Waals surface area (Å²) in [6.45, 7) is 5.09. The number of hydrogen-bond acceptors (Lipinski definition) is 3. The lowest BCUT2D eigenvalue weighted by atomic mass is 10.0. The lowest BCUT2D eigenvalue weighted by Gasteiger charge is -2.18. The quantitative estimate of drug-likeness (QED) is 0.791. The molecule has 3 heteroatoms. The number of para-hydroxylation sites is 2. The van der Waals surface area contributed by atoms with E-state index in [0.29, 0.717) is 0 Å². The van der Waals surface area contributed by atoms with Gasteiger partial charge in [0.2, 0.25) is 0 Å². The summed E-state index contributed by atoms with van der Waals surface area (Å²) in [7, 11) is 0. The van der Waals surface area contributed by atoms with Crippen LogP contribution in [0.15, 0.2) is 54.7 Å². The number of aromatic nitrogens is 2. The lowest BCUT2D eigenvalue weighted by molar-refractivity contribution is 0.615. The molecule has 106 valence electrons. The SMILES string of the molecule is CCNC(c1ccc(C)cc1)c1cnc2ccccc2n1. The molecule has 0 amide bonds. The van der Waals surface area contributed by atoms with Crippen molar-refractivity contribution in [1.82, 2.24) is 15.3 Å². The molecule has 0 fully saturated rings. The first kappa shape index (κ1) is 13.7. The van der Waals surface area contributed by atoms with Crippen LogP contribution in [0, 0.1) is 6.92 Å². The molecule has 0 saturated heterocycles. The van der Waals surface area contributed by atoms with Crippen LogP contribution in [0.2, 0.25) is 0 Å². The van der Waals surface area contributed by atoms with Gasteiger partial charge in [0.25, 0.3) is 0 Å². The van der Waals surface area contributed by atoms with E-state index < -0.39 is 0 Å². The average Bonchev–Trinajstić information content (AvgIpc) is 2.53. The van der Waals surface area contributed by atoms with Crippen LogP contribution in [0.4, 0.5) is 0 Å². The van der Waals surface area contributed by atoms with Crippen molar-refractivity contribution in [1.29, 1.82) is 0 Å².